The zero-order valence-corrected chi connectivity index (χ0v) is 19.2. The average Bonchev–Trinajstić information content (AvgIpc) is 3.39. The minimum absolute atomic E-state index is 0.171. The lowest BCUT2D eigenvalue weighted by atomic mass is 10.1. The molecule has 1 fully saturated rings. The number of carboxylic acids is 1. The van der Waals surface area contributed by atoms with Crippen LogP contribution in [0.4, 0.5) is 13.2 Å². The molecule has 1 atom stereocenters. The third-order valence-corrected chi connectivity index (χ3v) is 6.31. The molecule has 186 valence electrons. The Kier molecular flexibility index (Phi) is 7.45. The number of nitrogens with one attached hydrogen (secondary N) is 1. The Morgan fingerprint density at radius 3 is 2.60 bits per heavy atom. The van der Waals surface area contributed by atoms with Crippen LogP contribution in [0.3, 0.4) is 0 Å². The van der Waals surface area contributed by atoms with E-state index in [2.05, 4.69) is 33.2 Å². The topological polar surface area (TPSA) is 119 Å². The molecular formula is C22H22F3N5O4S. The number of rotatable bonds is 6. The zero-order chi connectivity index (χ0) is 25.0. The van der Waals surface area contributed by atoms with Crippen LogP contribution in [0.15, 0.2) is 36.5 Å². The van der Waals surface area contributed by atoms with Gasteiger partial charge in [-0.25, -0.2) is 4.79 Å². The summed E-state index contributed by atoms with van der Waals surface area (Å²) in [7, 11) is 0. The number of hydrogen-bond donors (Lipinski definition) is 2. The van der Waals surface area contributed by atoms with Crippen molar-refractivity contribution in [2.45, 2.75) is 44.0 Å². The number of carbonyl (C=O) groups excluding carboxylic acids is 1. The van der Waals surface area contributed by atoms with Gasteiger partial charge in [0.1, 0.15) is 6.10 Å². The van der Waals surface area contributed by atoms with Crippen molar-refractivity contribution < 1.29 is 32.6 Å². The number of aromatic nitrogens is 4. The van der Waals surface area contributed by atoms with Gasteiger partial charge >= 0.3 is 12.1 Å². The van der Waals surface area contributed by atoms with Gasteiger partial charge in [-0.3, -0.25) is 9.48 Å². The van der Waals surface area contributed by atoms with E-state index >= 15 is 0 Å². The summed E-state index contributed by atoms with van der Waals surface area (Å²) in [6.07, 6.45) is -0.136. The van der Waals surface area contributed by atoms with Crippen molar-refractivity contribution in [1.82, 2.24) is 24.7 Å². The van der Waals surface area contributed by atoms with Gasteiger partial charge in [0, 0.05) is 12.7 Å². The molecule has 2 aromatic heterocycles. The zero-order valence-electron chi connectivity index (χ0n) is 18.4. The maximum absolute atomic E-state index is 12.6. The number of hydrogen-bond acceptors (Lipinski definition) is 7. The highest BCUT2D eigenvalue weighted by Gasteiger charge is 2.38. The number of alkyl halides is 3. The van der Waals surface area contributed by atoms with Crippen LogP contribution >= 0.6 is 11.5 Å². The Bertz CT molecular complexity index is 1180. The summed E-state index contributed by atoms with van der Waals surface area (Å²) < 4.78 is 43.6. The summed E-state index contributed by atoms with van der Waals surface area (Å²) >= 11 is 1.33. The predicted octanol–water partition coefficient (Wildman–Crippen LogP) is 3.34. The van der Waals surface area contributed by atoms with Crippen LogP contribution in [-0.2, 0) is 22.5 Å². The highest BCUT2D eigenvalue weighted by Crippen LogP contribution is 2.42. The van der Waals surface area contributed by atoms with Gasteiger partial charge in [0.2, 0.25) is 0 Å². The van der Waals surface area contributed by atoms with E-state index in [0.29, 0.717) is 24.8 Å². The number of carbonyl (C=O) groups is 2. The molecule has 35 heavy (non-hydrogen) atoms. The molecule has 1 aromatic carbocycles. The summed E-state index contributed by atoms with van der Waals surface area (Å²) in [5.41, 5.74) is 3.78. The Morgan fingerprint density at radius 2 is 1.94 bits per heavy atom. The normalized spacial score (nSPS) is 17.2. The van der Waals surface area contributed by atoms with E-state index in [9.17, 15) is 18.0 Å². The lowest BCUT2D eigenvalue weighted by Gasteiger charge is -2.22. The molecule has 1 unspecified atom stereocenters. The molecule has 5 rings (SSSR count). The van der Waals surface area contributed by atoms with E-state index < -0.39 is 12.1 Å². The Hall–Kier alpha value is -3.32. The number of ether oxygens (including phenoxy) is 1. The first-order valence-corrected chi connectivity index (χ1v) is 11.6. The molecule has 1 aliphatic heterocycles. The number of amides is 1. The molecule has 2 aliphatic rings. The molecule has 1 amide bonds. The minimum atomic E-state index is -5.08. The molecule has 2 N–H and O–H groups in total. The summed E-state index contributed by atoms with van der Waals surface area (Å²) in [4.78, 5) is 22.5. The SMILES string of the molecule is O=C(NCC1OCCc2cn(Cc3ccccc3)nc21)c1nnsc1C1CC1.O=C(O)C(F)(F)F. The standard InChI is InChI=1S/C20H21N5O2S.C2HF3O2/c26-20(18-19(14-6-7-14)28-24-22-18)21-10-16-17-15(8-9-27-16)12-25(23-17)11-13-4-2-1-3-5-13;3-2(4,5)1(6)7/h1-5,12,14,16H,6-11H2,(H,21,26);(H,6,7). The van der Waals surface area contributed by atoms with Gasteiger partial charge in [0.15, 0.2) is 5.69 Å². The highest BCUT2D eigenvalue weighted by atomic mass is 32.1. The van der Waals surface area contributed by atoms with E-state index in [1.807, 2.05) is 22.9 Å². The van der Waals surface area contributed by atoms with Gasteiger partial charge in [0.05, 0.1) is 23.7 Å². The highest BCUT2D eigenvalue weighted by molar-refractivity contribution is 7.06. The van der Waals surface area contributed by atoms with Gasteiger partial charge in [-0.05, 0) is 47.8 Å². The summed E-state index contributed by atoms with van der Waals surface area (Å²) in [6, 6.07) is 10.3. The smallest absolute Gasteiger partial charge is 0.475 e. The third kappa shape index (κ3) is 6.42. The monoisotopic (exact) mass is 509 g/mol. The average molecular weight is 510 g/mol. The summed E-state index contributed by atoms with van der Waals surface area (Å²) in [5, 5.41) is 18.9. The molecular weight excluding hydrogens is 487 g/mol. The van der Waals surface area contributed by atoms with Gasteiger partial charge in [-0.2, -0.15) is 18.3 Å². The van der Waals surface area contributed by atoms with Crippen LogP contribution in [0.5, 0.6) is 0 Å². The van der Waals surface area contributed by atoms with E-state index in [4.69, 9.17) is 19.7 Å². The van der Waals surface area contributed by atoms with Gasteiger partial charge < -0.3 is 15.2 Å². The fraction of sp³-hybridized carbons (Fsp3) is 0.409. The molecule has 13 heteroatoms. The molecule has 1 saturated carbocycles. The fourth-order valence-corrected chi connectivity index (χ4v) is 4.39. The minimum Gasteiger partial charge on any atom is -0.475 e. The van der Waals surface area contributed by atoms with Crippen LogP contribution in [0.2, 0.25) is 0 Å². The van der Waals surface area contributed by atoms with Crippen LogP contribution in [0.1, 0.15) is 57.0 Å². The number of fused-ring (bicyclic) bond motifs is 1. The van der Waals surface area contributed by atoms with Gasteiger partial charge in [-0.1, -0.05) is 34.8 Å². The lowest BCUT2D eigenvalue weighted by Crippen LogP contribution is -2.32. The second kappa shape index (κ2) is 10.5. The van der Waals surface area contributed by atoms with Crippen molar-refractivity contribution in [2.75, 3.05) is 13.2 Å². The molecule has 9 nitrogen and oxygen atoms in total. The van der Waals surface area contributed by atoms with Crippen molar-refractivity contribution in [3.63, 3.8) is 0 Å². The lowest BCUT2D eigenvalue weighted by molar-refractivity contribution is -0.192. The fourth-order valence-electron chi connectivity index (χ4n) is 3.58. The first kappa shape index (κ1) is 24.8. The second-order valence-electron chi connectivity index (χ2n) is 8.11. The predicted molar refractivity (Wildman–Crippen MR) is 118 cm³/mol. The van der Waals surface area contributed by atoms with Crippen molar-refractivity contribution in [3.05, 3.63) is 63.9 Å². The largest absolute Gasteiger partial charge is 0.490 e. The number of nitrogens with zero attached hydrogens (tertiary/aromatic N) is 4. The number of carboxylic acid groups (broad SMARTS) is 1. The van der Waals surface area contributed by atoms with Crippen molar-refractivity contribution in [3.8, 4) is 0 Å². The molecule has 0 saturated heterocycles. The maximum atomic E-state index is 12.6. The second-order valence-corrected chi connectivity index (χ2v) is 8.89. The molecule has 3 aromatic rings. The van der Waals surface area contributed by atoms with E-state index in [1.165, 1.54) is 22.7 Å². The van der Waals surface area contributed by atoms with Crippen molar-refractivity contribution >= 4 is 23.4 Å². The Labute approximate surface area is 202 Å². The van der Waals surface area contributed by atoms with Crippen molar-refractivity contribution in [2.24, 2.45) is 0 Å². The molecule has 0 bridgehead atoms. The third-order valence-electron chi connectivity index (χ3n) is 5.42. The van der Waals surface area contributed by atoms with Crippen LogP contribution in [0, 0.1) is 0 Å². The molecule has 3 heterocycles. The first-order valence-electron chi connectivity index (χ1n) is 10.8. The van der Waals surface area contributed by atoms with Crippen LogP contribution < -0.4 is 5.32 Å². The quantitative estimate of drug-likeness (QED) is 0.523. The van der Waals surface area contributed by atoms with Crippen LogP contribution in [0.25, 0.3) is 0 Å². The van der Waals surface area contributed by atoms with Gasteiger partial charge in [0.25, 0.3) is 5.91 Å². The van der Waals surface area contributed by atoms with Crippen LogP contribution in [-0.4, -0.2) is 55.7 Å². The Balaban J connectivity index is 0.000000364. The van der Waals surface area contributed by atoms with E-state index in [0.717, 1.165) is 36.4 Å². The molecule has 0 radical (unpaired) electrons. The summed E-state index contributed by atoms with van der Waals surface area (Å²) in [5.74, 6) is -2.46. The molecule has 0 spiro atoms. The number of benzene rings is 1. The first-order chi connectivity index (χ1) is 16.7. The van der Waals surface area contributed by atoms with E-state index in [1.54, 1.807) is 0 Å². The van der Waals surface area contributed by atoms with Crippen molar-refractivity contribution in [1.29, 1.82) is 0 Å². The number of aliphatic carboxylic acids is 1. The maximum Gasteiger partial charge on any atom is 0.490 e. The summed E-state index contributed by atoms with van der Waals surface area (Å²) in [6.45, 7) is 1.74. The van der Waals surface area contributed by atoms with Gasteiger partial charge in [-0.15, -0.1) is 5.10 Å². The Morgan fingerprint density at radius 1 is 1.23 bits per heavy atom. The van der Waals surface area contributed by atoms with E-state index in [-0.39, 0.29) is 12.0 Å². The number of halogens is 3. The molecule has 1 aliphatic carbocycles.